The molecule has 1 amide bonds. The van der Waals surface area contributed by atoms with E-state index in [-0.39, 0.29) is 11.9 Å². The Hall–Kier alpha value is -1.20. The van der Waals surface area contributed by atoms with Crippen molar-refractivity contribution in [2.45, 2.75) is 12.5 Å². The molecule has 1 aromatic heterocycles. The van der Waals surface area contributed by atoms with Crippen LogP contribution in [0.5, 0.6) is 0 Å². The molecule has 0 saturated carbocycles. The zero-order chi connectivity index (χ0) is 14.4. The number of nitrogens with zero attached hydrogens (tertiary/aromatic N) is 1. The third-order valence-electron chi connectivity index (χ3n) is 2.81. The third kappa shape index (κ3) is 4.42. The van der Waals surface area contributed by atoms with E-state index in [0.29, 0.717) is 11.0 Å². The minimum atomic E-state index is -0.155. The predicted molar refractivity (Wildman–Crippen MR) is 87.1 cm³/mol. The van der Waals surface area contributed by atoms with E-state index in [1.54, 1.807) is 12.3 Å². The molecular formula is C15H14Br2N2O. The summed E-state index contributed by atoms with van der Waals surface area (Å²) < 4.78 is 0.857. The molecule has 0 radical (unpaired) electrons. The van der Waals surface area contributed by atoms with Crippen LogP contribution < -0.4 is 5.32 Å². The number of carbonyl (C=O) groups is 1. The van der Waals surface area contributed by atoms with Gasteiger partial charge in [-0.25, -0.2) is 4.98 Å². The summed E-state index contributed by atoms with van der Waals surface area (Å²) in [4.78, 5) is 16.2. The molecule has 0 spiro atoms. The summed E-state index contributed by atoms with van der Waals surface area (Å²) in [6.07, 6.45) is 2.41. The number of benzene rings is 1. The van der Waals surface area contributed by atoms with Gasteiger partial charge in [0, 0.05) is 22.0 Å². The topological polar surface area (TPSA) is 42.0 Å². The molecule has 104 valence electrons. The Kier molecular flexibility index (Phi) is 5.73. The van der Waals surface area contributed by atoms with Crippen LogP contribution in [0.1, 0.15) is 16.1 Å². The van der Waals surface area contributed by atoms with Crippen LogP contribution in [0.2, 0.25) is 0 Å². The number of aromatic nitrogens is 1. The van der Waals surface area contributed by atoms with Crippen LogP contribution in [-0.2, 0) is 6.42 Å². The second-order valence-corrected chi connectivity index (χ2v) is 5.94. The van der Waals surface area contributed by atoms with Crippen molar-refractivity contribution in [2.75, 3.05) is 5.33 Å². The molecule has 1 N–H and O–H groups in total. The molecule has 2 aromatic rings. The Balaban J connectivity index is 1.99. The fourth-order valence-corrected chi connectivity index (χ4v) is 2.44. The van der Waals surface area contributed by atoms with Gasteiger partial charge in [-0.2, -0.15) is 0 Å². The van der Waals surface area contributed by atoms with E-state index in [4.69, 9.17) is 0 Å². The lowest BCUT2D eigenvalue weighted by atomic mass is 10.1. The highest BCUT2D eigenvalue weighted by atomic mass is 79.9. The molecule has 5 heteroatoms. The van der Waals surface area contributed by atoms with Gasteiger partial charge in [0.1, 0.15) is 5.69 Å². The van der Waals surface area contributed by atoms with Crippen molar-refractivity contribution in [3.8, 4) is 0 Å². The molecule has 1 aromatic carbocycles. The number of pyridine rings is 1. The van der Waals surface area contributed by atoms with Crippen molar-refractivity contribution in [1.82, 2.24) is 10.3 Å². The highest BCUT2D eigenvalue weighted by Gasteiger charge is 2.14. The van der Waals surface area contributed by atoms with Crippen molar-refractivity contribution in [1.29, 1.82) is 0 Å². The molecule has 0 fully saturated rings. The van der Waals surface area contributed by atoms with Crippen LogP contribution in [0.4, 0.5) is 0 Å². The summed E-state index contributed by atoms with van der Waals surface area (Å²) in [5.74, 6) is -0.155. The smallest absolute Gasteiger partial charge is 0.270 e. The van der Waals surface area contributed by atoms with Gasteiger partial charge in [0.2, 0.25) is 0 Å². The second kappa shape index (κ2) is 7.55. The first-order valence-corrected chi connectivity index (χ1v) is 8.13. The molecule has 1 heterocycles. The van der Waals surface area contributed by atoms with Gasteiger partial charge in [0.25, 0.3) is 5.91 Å². The van der Waals surface area contributed by atoms with Gasteiger partial charge in [0.15, 0.2) is 0 Å². The average molecular weight is 398 g/mol. The van der Waals surface area contributed by atoms with Gasteiger partial charge in [-0.1, -0.05) is 46.3 Å². The number of hydrogen-bond donors (Lipinski definition) is 1. The molecule has 0 bridgehead atoms. The molecule has 0 saturated heterocycles. The molecule has 20 heavy (non-hydrogen) atoms. The van der Waals surface area contributed by atoms with Crippen molar-refractivity contribution >= 4 is 37.8 Å². The Bertz CT molecular complexity index is 558. The Morgan fingerprint density at radius 3 is 2.55 bits per heavy atom. The van der Waals surface area contributed by atoms with Crippen molar-refractivity contribution in [2.24, 2.45) is 0 Å². The summed E-state index contributed by atoms with van der Waals surface area (Å²) in [7, 11) is 0. The molecule has 1 atom stereocenters. The van der Waals surface area contributed by atoms with Gasteiger partial charge < -0.3 is 5.32 Å². The zero-order valence-corrected chi connectivity index (χ0v) is 13.9. The Morgan fingerprint density at radius 2 is 1.95 bits per heavy atom. The van der Waals surface area contributed by atoms with Crippen molar-refractivity contribution < 1.29 is 4.79 Å². The number of amides is 1. The van der Waals surface area contributed by atoms with Gasteiger partial charge in [-0.15, -0.1) is 0 Å². The van der Waals surface area contributed by atoms with E-state index in [1.165, 1.54) is 5.56 Å². The summed E-state index contributed by atoms with van der Waals surface area (Å²) in [6.45, 7) is 0. The van der Waals surface area contributed by atoms with Gasteiger partial charge in [-0.05, 0) is 40.0 Å². The maximum absolute atomic E-state index is 12.1. The third-order valence-corrected chi connectivity index (χ3v) is 4.06. The van der Waals surface area contributed by atoms with E-state index in [2.05, 4.69) is 54.3 Å². The largest absolute Gasteiger partial charge is 0.347 e. The molecule has 3 nitrogen and oxygen atoms in total. The van der Waals surface area contributed by atoms with E-state index >= 15 is 0 Å². The Labute approximate surface area is 135 Å². The fraction of sp³-hybridized carbons (Fsp3) is 0.200. The van der Waals surface area contributed by atoms with Crippen LogP contribution in [0.15, 0.2) is 53.1 Å². The number of rotatable bonds is 5. The minimum Gasteiger partial charge on any atom is -0.347 e. The number of alkyl halides is 1. The van der Waals surface area contributed by atoms with E-state index in [0.717, 1.165) is 10.9 Å². The van der Waals surface area contributed by atoms with Crippen molar-refractivity contribution in [3.05, 3.63) is 64.4 Å². The second-order valence-electron chi connectivity index (χ2n) is 4.38. The summed E-state index contributed by atoms with van der Waals surface area (Å²) in [5, 5.41) is 3.69. The predicted octanol–water partition coefficient (Wildman–Crippen LogP) is 3.58. The molecular weight excluding hydrogens is 384 g/mol. The first-order chi connectivity index (χ1) is 9.69. The summed E-state index contributed by atoms with van der Waals surface area (Å²) in [6, 6.07) is 13.6. The minimum absolute atomic E-state index is 0.0374. The van der Waals surface area contributed by atoms with Crippen LogP contribution in [-0.4, -0.2) is 22.3 Å². The highest BCUT2D eigenvalue weighted by Crippen LogP contribution is 2.09. The first kappa shape index (κ1) is 15.2. The fourth-order valence-electron chi connectivity index (χ4n) is 1.81. The molecule has 1 unspecified atom stereocenters. The lowest BCUT2D eigenvalue weighted by molar-refractivity contribution is 0.0936. The van der Waals surface area contributed by atoms with Crippen molar-refractivity contribution in [3.63, 3.8) is 0 Å². The van der Waals surface area contributed by atoms with Crippen LogP contribution in [0, 0.1) is 0 Å². The van der Waals surface area contributed by atoms with E-state index < -0.39 is 0 Å². The quantitative estimate of drug-likeness (QED) is 0.783. The standard InChI is InChI=1S/C15H14Br2N2O/c16-9-13(8-11-4-2-1-3-5-11)19-15(20)14-7-6-12(17)10-18-14/h1-7,10,13H,8-9H2,(H,19,20). The number of hydrogen-bond acceptors (Lipinski definition) is 2. The SMILES string of the molecule is O=C(NC(CBr)Cc1ccccc1)c1ccc(Br)cn1. The van der Waals surface area contributed by atoms with Gasteiger partial charge >= 0.3 is 0 Å². The van der Waals surface area contributed by atoms with Crippen LogP contribution in [0.3, 0.4) is 0 Å². The first-order valence-electron chi connectivity index (χ1n) is 6.21. The Morgan fingerprint density at radius 1 is 1.20 bits per heavy atom. The van der Waals surface area contributed by atoms with Gasteiger partial charge in [-0.3, -0.25) is 4.79 Å². The maximum atomic E-state index is 12.1. The lowest BCUT2D eigenvalue weighted by Gasteiger charge is -2.16. The molecule has 2 rings (SSSR count). The van der Waals surface area contributed by atoms with E-state index in [9.17, 15) is 4.79 Å². The van der Waals surface area contributed by atoms with Gasteiger partial charge in [0.05, 0.1) is 0 Å². The van der Waals surface area contributed by atoms with E-state index in [1.807, 2.05) is 24.3 Å². The molecule has 0 aliphatic rings. The number of carbonyl (C=O) groups excluding carboxylic acids is 1. The highest BCUT2D eigenvalue weighted by molar-refractivity contribution is 9.10. The molecule has 0 aliphatic heterocycles. The van der Waals surface area contributed by atoms with Crippen LogP contribution >= 0.6 is 31.9 Å². The lowest BCUT2D eigenvalue weighted by Crippen LogP contribution is -2.38. The normalized spacial score (nSPS) is 11.9. The zero-order valence-electron chi connectivity index (χ0n) is 10.7. The maximum Gasteiger partial charge on any atom is 0.270 e. The number of halogens is 2. The number of nitrogens with one attached hydrogen (secondary N) is 1. The summed E-state index contributed by atoms with van der Waals surface area (Å²) in [5.41, 5.74) is 1.62. The molecule has 0 aliphatic carbocycles. The monoisotopic (exact) mass is 396 g/mol. The average Bonchev–Trinajstić information content (AvgIpc) is 2.48. The van der Waals surface area contributed by atoms with Crippen LogP contribution in [0.25, 0.3) is 0 Å². The summed E-state index contributed by atoms with van der Waals surface area (Å²) >= 11 is 6.75.